The number of nitrogens with two attached hydrogens (primary N) is 1. The molecule has 0 aliphatic rings. The van der Waals surface area contributed by atoms with Crippen molar-refractivity contribution in [1.29, 1.82) is 0 Å². The molecule has 19 heavy (non-hydrogen) atoms. The summed E-state index contributed by atoms with van der Waals surface area (Å²) in [6, 6.07) is 11.2. The lowest BCUT2D eigenvalue weighted by atomic mass is 9.98. The number of halogens is 2. The number of hydrazine groups is 1. The van der Waals surface area contributed by atoms with E-state index in [4.69, 9.17) is 22.2 Å². The zero-order valence-electron chi connectivity index (χ0n) is 10.4. The van der Waals surface area contributed by atoms with Crippen LogP contribution < -0.4 is 16.0 Å². The highest BCUT2D eigenvalue weighted by molar-refractivity contribution is 6.31. The van der Waals surface area contributed by atoms with E-state index in [1.165, 1.54) is 6.07 Å². The van der Waals surface area contributed by atoms with Crippen LogP contribution in [0.4, 0.5) is 4.39 Å². The Kier molecular flexibility index (Phi) is 4.37. The normalized spacial score (nSPS) is 12.2. The van der Waals surface area contributed by atoms with E-state index < -0.39 is 11.9 Å². The third kappa shape index (κ3) is 2.87. The number of ether oxygens (including phenoxy) is 1. The molecule has 2 aromatic rings. The van der Waals surface area contributed by atoms with Gasteiger partial charge in [0.1, 0.15) is 11.6 Å². The van der Waals surface area contributed by atoms with Gasteiger partial charge in [-0.15, -0.1) is 0 Å². The summed E-state index contributed by atoms with van der Waals surface area (Å²) in [5, 5.41) is 0.325. The molecule has 2 rings (SSSR count). The van der Waals surface area contributed by atoms with E-state index >= 15 is 0 Å². The largest absolute Gasteiger partial charge is 0.497 e. The first-order chi connectivity index (χ1) is 9.17. The molecule has 0 heterocycles. The average molecular weight is 281 g/mol. The number of methoxy groups -OCH3 is 1. The van der Waals surface area contributed by atoms with Crippen LogP contribution in [0.3, 0.4) is 0 Å². The third-order valence-corrected chi connectivity index (χ3v) is 3.21. The minimum atomic E-state index is -0.538. The topological polar surface area (TPSA) is 47.3 Å². The second-order valence-electron chi connectivity index (χ2n) is 4.01. The molecule has 1 atom stereocenters. The predicted octanol–water partition coefficient (Wildman–Crippen LogP) is 3.04. The van der Waals surface area contributed by atoms with Crippen molar-refractivity contribution >= 4 is 11.6 Å². The molecule has 3 N–H and O–H groups in total. The van der Waals surface area contributed by atoms with Gasteiger partial charge in [-0.05, 0) is 29.8 Å². The molecular weight excluding hydrogens is 267 g/mol. The SMILES string of the molecule is COc1cccc(C(NN)c2c(F)cccc2Cl)c1. The summed E-state index contributed by atoms with van der Waals surface area (Å²) in [4.78, 5) is 0. The summed E-state index contributed by atoms with van der Waals surface area (Å²) in [6.07, 6.45) is 0. The Hall–Kier alpha value is -1.62. The van der Waals surface area contributed by atoms with Gasteiger partial charge in [0.2, 0.25) is 0 Å². The maximum atomic E-state index is 13.9. The molecule has 0 saturated heterocycles. The molecule has 0 spiro atoms. The Labute approximate surface area is 116 Å². The van der Waals surface area contributed by atoms with Gasteiger partial charge in [-0.1, -0.05) is 29.8 Å². The summed E-state index contributed by atoms with van der Waals surface area (Å²) < 4.78 is 19.1. The van der Waals surface area contributed by atoms with E-state index in [1.807, 2.05) is 12.1 Å². The Morgan fingerprint density at radius 2 is 2.00 bits per heavy atom. The smallest absolute Gasteiger partial charge is 0.129 e. The number of nitrogens with one attached hydrogen (secondary N) is 1. The Morgan fingerprint density at radius 3 is 2.63 bits per heavy atom. The van der Waals surface area contributed by atoms with Crippen LogP contribution in [0.15, 0.2) is 42.5 Å². The van der Waals surface area contributed by atoms with Crippen molar-refractivity contribution in [2.24, 2.45) is 5.84 Å². The molecule has 0 saturated carbocycles. The lowest BCUT2D eigenvalue weighted by Gasteiger charge is -2.19. The zero-order valence-corrected chi connectivity index (χ0v) is 11.1. The summed E-state index contributed by atoms with van der Waals surface area (Å²) >= 11 is 6.06. The van der Waals surface area contributed by atoms with Crippen molar-refractivity contribution in [2.45, 2.75) is 6.04 Å². The van der Waals surface area contributed by atoms with E-state index in [2.05, 4.69) is 5.43 Å². The Balaban J connectivity index is 2.50. The number of hydrogen-bond acceptors (Lipinski definition) is 3. The van der Waals surface area contributed by atoms with E-state index in [0.29, 0.717) is 16.3 Å². The Morgan fingerprint density at radius 1 is 1.26 bits per heavy atom. The van der Waals surface area contributed by atoms with Gasteiger partial charge in [-0.3, -0.25) is 5.84 Å². The molecule has 0 bridgehead atoms. The van der Waals surface area contributed by atoms with Gasteiger partial charge in [0.25, 0.3) is 0 Å². The highest BCUT2D eigenvalue weighted by atomic mass is 35.5. The van der Waals surface area contributed by atoms with Crippen LogP contribution in [-0.2, 0) is 0 Å². The lowest BCUT2D eigenvalue weighted by molar-refractivity contribution is 0.413. The van der Waals surface area contributed by atoms with Crippen molar-refractivity contribution in [3.8, 4) is 5.75 Å². The van der Waals surface area contributed by atoms with Crippen LogP contribution in [0.5, 0.6) is 5.75 Å². The number of rotatable bonds is 4. The van der Waals surface area contributed by atoms with Crippen LogP contribution in [0.2, 0.25) is 5.02 Å². The van der Waals surface area contributed by atoms with Gasteiger partial charge in [0, 0.05) is 10.6 Å². The first-order valence-electron chi connectivity index (χ1n) is 5.71. The van der Waals surface area contributed by atoms with Crippen LogP contribution in [-0.4, -0.2) is 7.11 Å². The van der Waals surface area contributed by atoms with Gasteiger partial charge in [0.15, 0.2) is 0 Å². The fourth-order valence-corrected chi connectivity index (χ4v) is 2.23. The first kappa shape index (κ1) is 13.8. The van der Waals surface area contributed by atoms with Gasteiger partial charge in [-0.25, -0.2) is 9.82 Å². The fourth-order valence-electron chi connectivity index (χ4n) is 1.95. The first-order valence-corrected chi connectivity index (χ1v) is 6.09. The van der Waals surface area contributed by atoms with E-state index in [-0.39, 0.29) is 0 Å². The molecule has 0 aromatic heterocycles. The molecule has 1 unspecified atom stereocenters. The van der Waals surface area contributed by atoms with Crippen LogP contribution in [0, 0.1) is 5.82 Å². The monoisotopic (exact) mass is 280 g/mol. The lowest BCUT2D eigenvalue weighted by Crippen LogP contribution is -2.29. The molecule has 0 aliphatic carbocycles. The number of hydrogen-bond donors (Lipinski definition) is 2. The van der Waals surface area contributed by atoms with Crippen molar-refractivity contribution in [3.63, 3.8) is 0 Å². The van der Waals surface area contributed by atoms with Crippen molar-refractivity contribution in [3.05, 3.63) is 64.4 Å². The van der Waals surface area contributed by atoms with Gasteiger partial charge in [0.05, 0.1) is 13.2 Å². The van der Waals surface area contributed by atoms with Gasteiger partial charge in [-0.2, -0.15) is 0 Å². The third-order valence-electron chi connectivity index (χ3n) is 2.88. The molecule has 3 nitrogen and oxygen atoms in total. The molecule has 0 amide bonds. The van der Waals surface area contributed by atoms with Gasteiger partial charge >= 0.3 is 0 Å². The molecule has 0 aliphatic heterocycles. The molecule has 2 aromatic carbocycles. The molecule has 0 radical (unpaired) electrons. The average Bonchev–Trinajstić information content (AvgIpc) is 2.43. The summed E-state index contributed by atoms with van der Waals surface area (Å²) in [6.45, 7) is 0. The van der Waals surface area contributed by atoms with Crippen LogP contribution in [0.25, 0.3) is 0 Å². The van der Waals surface area contributed by atoms with E-state index in [0.717, 1.165) is 5.56 Å². The standard InChI is InChI=1S/C14H14ClFN2O/c1-19-10-5-2-4-9(8-10)14(18-17)13-11(15)6-3-7-12(13)16/h2-8,14,18H,17H2,1H3. The predicted molar refractivity (Wildman–Crippen MR) is 73.6 cm³/mol. The van der Waals surface area contributed by atoms with Crippen LogP contribution in [0.1, 0.15) is 17.2 Å². The van der Waals surface area contributed by atoms with Crippen molar-refractivity contribution in [2.75, 3.05) is 7.11 Å². The van der Waals surface area contributed by atoms with E-state index in [1.54, 1.807) is 31.4 Å². The number of benzene rings is 2. The Bertz CT molecular complexity index is 557. The summed E-state index contributed by atoms with van der Waals surface area (Å²) in [7, 11) is 1.57. The van der Waals surface area contributed by atoms with Crippen molar-refractivity contribution < 1.29 is 9.13 Å². The molecule has 0 fully saturated rings. The second-order valence-corrected chi connectivity index (χ2v) is 4.42. The summed E-state index contributed by atoms with van der Waals surface area (Å²) in [5.74, 6) is 5.82. The highest BCUT2D eigenvalue weighted by Crippen LogP contribution is 2.31. The molecular formula is C14H14ClFN2O. The van der Waals surface area contributed by atoms with Crippen LogP contribution >= 0.6 is 11.6 Å². The fraction of sp³-hybridized carbons (Fsp3) is 0.143. The summed E-state index contributed by atoms with van der Waals surface area (Å²) in [5.41, 5.74) is 3.68. The minimum Gasteiger partial charge on any atom is -0.497 e. The highest BCUT2D eigenvalue weighted by Gasteiger charge is 2.20. The van der Waals surface area contributed by atoms with Gasteiger partial charge < -0.3 is 4.74 Å². The van der Waals surface area contributed by atoms with Crippen molar-refractivity contribution in [1.82, 2.24) is 5.43 Å². The molecule has 5 heteroatoms. The second kappa shape index (κ2) is 6.02. The maximum Gasteiger partial charge on any atom is 0.129 e. The van der Waals surface area contributed by atoms with E-state index in [9.17, 15) is 4.39 Å². The quantitative estimate of drug-likeness (QED) is 0.668. The molecule has 100 valence electrons. The zero-order chi connectivity index (χ0) is 13.8. The minimum absolute atomic E-state index is 0.319. The maximum absolute atomic E-state index is 13.9.